The van der Waals surface area contributed by atoms with E-state index in [1.807, 2.05) is 19.1 Å². The summed E-state index contributed by atoms with van der Waals surface area (Å²) < 4.78 is 5.50. The van der Waals surface area contributed by atoms with Gasteiger partial charge in [0.15, 0.2) is 6.61 Å². The van der Waals surface area contributed by atoms with Crippen molar-refractivity contribution in [2.24, 2.45) is 11.0 Å². The number of para-hydroxylation sites is 1. The molecule has 0 saturated carbocycles. The van der Waals surface area contributed by atoms with Crippen LogP contribution in [0.2, 0.25) is 5.02 Å². The van der Waals surface area contributed by atoms with E-state index in [1.165, 1.54) is 24.4 Å². The number of carbonyl (C=O) groups is 2. The van der Waals surface area contributed by atoms with Gasteiger partial charge in [0.1, 0.15) is 16.8 Å². The molecule has 0 aromatic heterocycles. The van der Waals surface area contributed by atoms with Crippen LogP contribution in [0.15, 0.2) is 47.6 Å². The lowest BCUT2D eigenvalue weighted by molar-refractivity contribution is -0.384. The molecule has 2 amide bonds. The topological polar surface area (TPSA) is 123 Å². The zero-order chi connectivity index (χ0) is 23.0. The van der Waals surface area contributed by atoms with Gasteiger partial charge in [0.2, 0.25) is 0 Å². The van der Waals surface area contributed by atoms with E-state index in [0.717, 1.165) is 5.56 Å². The number of nitrogens with zero attached hydrogens (tertiary/aromatic N) is 2. The van der Waals surface area contributed by atoms with E-state index < -0.39 is 22.8 Å². The molecule has 0 aliphatic carbocycles. The lowest BCUT2D eigenvalue weighted by Crippen LogP contribution is -2.49. The van der Waals surface area contributed by atoms with Crippen molar-refractivity contribution in [3.8, 4) is 5.75 Å². The first-order valence-corrected chi connectivity index (χ1v) is 9.81. The lowest BCUT2D eigenvalue weighted by Gasteiger charge is -2.20. The van der Waals surface area contributed by atoms with Crippen LogP contribution in [0.5, 0.6) is 5.75 Å². The molecule has 164 valence electrons. The summed E-state index contributed by atoms with van der Waals surface area (Å²) in [5, 5.41) is 17.4. The molecule has 1 atom stereocenters. The Hall–Kier alpha value is -3.46. The summed E-state index contributed by atoms with van der Waals surface area (Å²) in [4.78, 5) is 35.0. The average Bonchev–Trinajstić information content (AvgIpc) is 2.72. The summed E-state index contributed by atoms with van der Waals surface area (Å²) in [6.07, 6.45) is 1.25. The van der Waals surface area contributed by atoms with Gasteiger partial charge in [0.25, 0.3) is 17.5 Å². The van der Waals surface area contributed by atoms with Crippen LogP contribution < -0.4 is 15.5 Å². The molecule has 1 unspecified atom stereocenters. The quantitative estimate of drug-likeness (QED) is 0.347. The van der Waals surface area contributed by atoms with Crippen molar-refractivity contribution in [1.29, 1.82) is 0 Å². The number of hydrogen-bond donors (Lipinski definition) is 2. The summed E-state index contributed by atoms with van der Waals surface area (Å²) in [5.74, 6) is -0.604. The van der Waals surface area contributed by atoms with Gasteiger partial charge in [0.05, 0.1) is 11.1 Å². The molecule has 2 N–H and O–H groups in total. The number of amides is 2. The molecule has 0 bridgehead atoms. The Labute approximate surface area is 184 Å². The Morgan fingerprint density at radius 2 is 1.97 bits per heavy atom. The highest BCUT2D eigenvalue weighted by Gasteiger charge is 2.24. The minimum Gasteiger partial charge on any atom is -0.484 e. The first-order valence-electron chi connectivity index (χ1n) is 9.43. The van der Waals surface area contributed by atoms with Gasteiger partial charge >= 0.3 is 0 Å². The third kappa shape index (κ3) is 7.07. The van der Waals surface area contributed by atoms with Crippen LogP contribution in [-0.2, 0) is 9.59 Å². The molecule has 0 aliphatic heterocycles. The smallest absolute Gasteiger partial charge is 0.288 e. The van der Waals surface area contributed by atoms with Gasteiger partial charge in [-0.05, 0) is 30.5 Å². The van der Waals surface area contributed by atoms with Gasteiger partial charge in [0, 0.05) is 11.6 Å². The normalized spacial score (nSPS) is 11.9. The molecule has 0 aliphatic rings. The summed E-state index contributed by atoms with van der Waals surface area (Å²) in [6.45, 7) is 5.18. The van der Waals surface area contributed by atoms with Gasteiger partial charge in [-0.2, -0.15) is 5.10 Å². The number of hydrazone groups is 1. The van der Waals surface area contributed by atoms with E-state index in [9.17, 15) is 19.7 Å². The number of carbonyl (C=O) groups excluding carboxylic acids is 2. The molecule has 0 spiro atoms. The Morgan fingerprint density at radius 3 is 2.61 bits per heavy atom. The fraction of sp³-hybridized carbons (Fsp3) is 0.286. The predicted molar refractivity (Wildman–Crippen MR) is 117 cm³/mol. The maximum atomic E-state index is 12.5. The molecule has 31 heavy (non-hydrogen) atoms. The molecule has 2 rings (SSSR count). The SMILES string of the molecule is Cc1ccccc1OCC(=O)NC(C(=O)N/N=C\c1ccc(Cl)c([N+](=O)[O-])c1)C(C)C. The summed E-state index contributed by atoms with van der Waals surface area (Å²) in [6, 6.07) is 10.6. The Kier molecular flexibility index (Phi) is 8.51. The summed E-state index contributed by atoms with van der Waals surface area (Å²) in [5.41, 5.74) is 3.35. The minimum atomic E-state index is -0.843. The van der Waals surface area contributed by atoms with Crippen LogP contribution in [0.3, 0.4) is 0 Å². The van der Waals surface area contributed by atoms with Gasteiger partial charge in [-0.1, -0.05) is 49.7 Å². The van der Waals surface area contributed by atoms with Crippen molar-refractivity contribution >= 4 is 35.3 Å². The van der Waals surface area contributed by atoms with E-state index in [0.29, 0.717) is 11.3 Å². The summed E-state index contributed by atoms with van der Waals surface area (Å²) >= 11 is 5.77. The first kappa shape index (κ1) is 23.8. The number of nitrogens with one attached hydrogen (secondary N) is 2. The van der Waals surface area contributed by atoms with E-state index in [1.54, 1.807) is 26.0 Å². The number of hydrogen-bond acceptors (Lipinski definition) is 6. The number of halogens is 1. The number of rotatable bonds is 9. The van der Waals surface area contributed by atoms with Gasteiger partial charge in [-0.25, -0.2) is 5.43 Å². The molecule has 9 nitrogen and oxygen atoms in total. The molecule has 0 radical (unpaired) electrons. The molecular weight excluding hydrogens is 424 g/mol. The summed E-state index contributed by atoms with van der Waals surface area (Å²) in [7, 11) is 0. The van der Waals surface area contributed by atoms with Crippen LogP contribution in [0, 0.1) is 23.0 Å². The second kappa shape index (κ2) is 11.1. The zero-order valence-corrected chi connectivity index (χ0v) is 18.1. The molecule has 10 heteroatoms. The van der Waals surface area contributed by atoms with Crippen LogP contribution in [0.1, 0.15) is 25.0 Å². The second-order valence-electron chi connectivity index (χ2n) is 7.05. The molecule has 0 heterocycles. The molecular formula is C21H23ClN4O5. The zero-order valence-electron chi connectivity index (χ0n) is 17.3. The molecule has 0 saturated heterocycles. The second-order valence-corrected chi connectivity index (χ2v) is 7.45. The highest BCUT2D eigenvalue weighted by atomic mass is 35.5. The van der Waals surface area contributed by atoms with Crippen LogP contribution >= 0.6 is 11.6 Å². The third-order valence-electron chi connectivity index (χ3n) is 4.27. The maximum Gasteiger partial charge on any atom is 0.288 e. The van der Waals surface area contributed by atoms with Crippen LogP contribution in [0.25, 0.3) is 0 Å². The Balaban J connectivity index is 1.95. The number of aryl methyl sites for hydroxylation is 1. The maximum absolute atomic E-state index is 12.5. The average molecular weight is 447 g/mol. The standard InChI is InChI=1S/C21H23ClN4O5/c1-13(2)20(24-19(27)12-31-18-7-5-4-6-14(18)3)21(28)25-23-11-15-8-9-16(22)17(10-15)26(29)30/h4-11,13,20H,12H2,1-3H3,(H,24,27)(H,25,28)/b23-11-. The van der Waals surface area contributed by atoms with Crippen molar-refractivity contribution < 1.29 is 19.2 Å². The number of ether oxygens (including phenoxy) is 1. The van der Waals surface area contributed by atoms with Crippen LogP contribution in [-0.4, -0.2) is 35.6 Å². The number of nitro benzene ring substituents is 1. The van der Waals surface area contributed by atoms with Crippen LogP contribution in [0.4, 0.5) is 5.69 Å². The number of nitro groups is 1. The fourth-order valence-electron chi connectivity index (χ4n) is 2.60. The molecule has 2 aromatic rings. The largest absolute Gasteiger partial charge is 0.484 e. The first-order chi connectivity index (χ1) is 14.7. The van der Waals surface area contributed by atoms with E-state index >= 15 is 0 Å². The van der Waals surface area contributed by atoms with E-state index in [4.69, 9.17) is 16.3 Å². The van der Waals surface area contributed by atoms with Crippen molar-refractivity contribution in [2.75, 3.05) is 6.61 Å². The number of benzene rings is 2. The molecule has 0 fully saturated rings. The van der Waals surface area contributed by atoms with Crippen molar-refractivity contribution in [3.05, 3.63) is 68.7 Å². The van der Waals surface area contributed by atoms with Gasteiger partial charge in [-0.15, -0.1) is 0 Å². The predicted octanol–water partition coefficient (Wildman–Crippen LogP) is 3.23. The molecule has 2 aromatic carbocycles. The van der Waals surface area contributed by atoms with Crippen molar-refractivity contribution in [2.45, 2.75) is 26.8 Å². The monoisotopic (exact) mass is 446 g/mol. The lowest BCUT2D eigenvalue weighted by atomic mass is 10.0. The van der Waals surface area contributed by atoms with Crippen molar-refractivity contribution in [1.82, 2.24) is 10.7 Å². The van der Waals surface area contributed by atoms with E-state index in [-0.39, 0.29) is 23.2 Å². The van der Waals surface area contributed by atoms with E-state index in [2.05, 4.69) is 15.8 Å². The third-order valence-corrected chi connectivity index (χ3v) is 4.59. The van der Waals surface area contributed by atoms with Gasteiger partial charge < -0.3 is 10.1 Å². The minimum absolute atomic E-state index is 0.00156. The fourth-order valence-corrected chi connectivity index (χ4v) is 2.79. The Morgan fingerprint density at radius 1 is 1.26 bits per heavy atom. The highest BCUT2D eigenvalue weighted by molar-refractivity contribution is 6.32. The Bertz CT molecular complexity index is 993. The highest BCUT2D eigenvalue weighted by Crippen LogP contribution is 2.24. The van der Waals surface area contributed by atoms with Crippen molar-refractivity contribution in [3.63, 3.8) is 0 Å². The van der Waals surface area contributed by atoms with Gasteiger partial charge in [-0.3, -0.25) is 19.7 Å².